The molecule has 128 valence electrons. The first-order chi connectivity index (χ1) is 11.5. The lowest BCUT2D eigenvalue weighted by molar-refractivity contribution is 0.374. The fraction of sp³-hybridized carbons (Fsp3) is 0.176. The van der Waals surface area contributed by atoms with E-state index >= 15 is 0 Å². The zero-order valence-corrected chi connectivity index (χ0v) is 14.4. The van der Waals surface area contributed by atoms with E-state index in [2.05, 4.69) is 9.97 Å². The molecule has 0 aliphatic rings. The number of hydrogen-bond acceptors (Lipinski definition) is 5. The predicted octanol–water partition coefficient (Wildman–Crippen LogP) is 4.43. The molecule has 0 saturated carbocycles. The summed E-state index contributed by atoms with van der Waals surface area (Å²) >= 11 is 5.33. The van der Waals surface area contributed by atoms with Crippen LogP contribution in [0, 0.1) is 5.82 Å². The van der Waals surface area contributed by atoms with Gasteiger partial charge in [-0.25, -0.2) is 14.4 Å². The topological polar surface area (TPSA) is 81.3 Å². The highest BCUT2D eigenvalue weighted by atomic mass is 35.5. The Labute approximate surface area is 144 Å². The maximum atomic E-state index is 12.2. The van der Waals surface area contributed by atoms with Crippen LogP contribution in [0.25, 0.3) is 10.9 Å². The van der Waals surface area contributed by atoms with E-state index in [1.54, 1.807) is 18.2 Å². The van der Waals surface area contributed by atoms with Gasteiger partial charge in [-0.05, 0) is 18.2 Å². The Morgan fingerprint density at radius 3 is 2.38 bits per heavy atom. The Hall–Kier alpha value is -2.60. The number of nitrogen functional groups attached to an aromatic ring is 1. The second-order valence-electron chi connectivity index (χ2n) is 4.21. The lowest BCUT2D eigenvalue weighted by atomic mass is 10.2. The molecule has 0 unspecified atom stereocenters. The summed E-state index contributed by atoms with van der Waals surface area (Å²) in [5.74, 6) is 0.374. The van der Waals surface area contributed by atoms with Crippen molar-refractivity contribution in [1.82, 2.24) is 9.97 Å². The Kier molecular flexibility index (Phi) is 7.71. The van der Waals surface area contributed by atoms with E-state index in [0.717, 1.165) is 0 Å². The van der Waals surface area contributed by atoms with Crippen molar-refractivity contribution in [2.24, 2.45) is 0 Å². The SMILES string of the molecule is CC.COc1cc2ncnc(N)c2cc1O.Fc1ccccc1Cl. The highest BCUT2D eigenvalue weighted by Gasteiger charge is 2.07. The molecule has 2 aromatic carbocycles. The summed E-state index contributed by atoms with van der Waals surface area (Å²) < 4.78 is 17.1. The molecule has 3 N–H and O–H groups in total. The summed E-state index contributed by atoms with van der Waals surface area (Å²) in [6, 6.07) is 9.22. The number of phenolic OH excluding ortho intramolecular Hbond substituents is 1. The van der Waals surface area contributed by atoms with E-state index in [9.17, 15) is 9.50 Å². The monoisotopic (exact) mass is 351 g/mol. The molecular formula is C17H19ClFN3O2. The van der Waals surface area contributed by atoms with Crippen LogP contribution in [0.3, 0.4) is 0 Å². The summed E-state index contributed by atoms with van der Waals surface area (Å²) in [5.41, 5.74) is 6.26. The van der Waals surface area contributed by atoms with E-state index in [-0.39, 0.29) is 16.6 Å². The molecule has 3 rings (SSSR count). The molecule has 3 aromatic rings. The zero-order valence-electron chi connectivity index (χ0n) is 13.6. The summed E-state index contributed by atoms with van der Waals surface area (Å²) in [4.78, 5) is 7.83. The summed E-state index contributed by atoms with van der Waals surface area (Å²) in [5, 5.41) is 10.3. The highest BCUT2D eigenvalue weighted by molar-refractivity contribution is 6.30. The lowest BCUT2D eigenvalue weighted by Gasteiger charge is -2.05. The van der Waals surface area contributed by atoms with Gasteiger partial charge in [-0.1, -0.05) is 37.6 Å². The first kappa shape index (κ1) is 19.4. The largest absolute Gasteiger partial charge is 0.504 e. The second-order valence-corrected chi connectivity index (χ2v) is 4.62. The minimum Gasteiger partial charge on any atom is -0.504 e. The van der Waals surface area contributed by atoms with Gasteiger partial charge in [0.05, 0.1) is 17.6 Å². The normalized spacial score (nSPS) is 9.38. The molecule has 24 heavy (non-hydrogen) atoms. The molecule has 0 amide bonds. The molecule has 0 aliphatic carbocycles. The van der Waals surface area contributed by atoms with E-state index < -0.39 is 0 Å². The first-order valence-electron chi connectivity index (χ1n) is 7.20. The molecule has 1 heterocycles. The van der Waals surface area contributed by atoms with E-state index in [1.165, 1.54) is 31.6 Å². The lowest BCUT2D eigenvalue weighted by Crippen LogP contribution is -1.93. The maximum absolute atomic E-state index is 12.2. The fourth-order valence-corrected chi connectivity index (χ4v) is 1.83. The summed E-state index contributed by atoms with van der Waals surface area (Å²) in [6.45, 7) is 4.00. The Morgan fingerprint density at radius 1 is 1.17 bits per heavy atom. The molecule has 0 aliphatic heterocycles. The van der Waals surface area contributed by atoms with Crippen molar-refractivity contribution in [3.05, 3.63) is 53.6 Å². The van der Waals surface area contributed by atoms with Crippen LogP contribution in [0.5, 0.6) is 11.5 Å². The number of phenols is 1. The van der Waals surface area contributed by atoms with Gasteiger partial charge in [0.2, 0.25) is 0 Å². The molecule has 0 atom stereocenters. The third-order valence-electron chi connectivity index (χ3n) is 2.79. The minimum absolute atomic E-state index is 0.0292. The number of aromatic nitrogens is 2. The van der Waals surface area contributed by atoms with E-state index in [1.807, 2.05) is 13.8 Å². The molecule has 0 bridgehead atoms. The molecule has 0 spiro atoms. The van der Waals surface area contributed by atoms with Gasteiger partial charge in [0.1, 0.15) is 18.0 Å². The number of nitrogens with two attached hydrogens (primary N) is 1. The average Bonchev–Trinajstić information content (AvgIpc) is 2.60. The number of rotatable bonds is 1. The van der Waals surface area contributed by atoms with Gasteiger partial charge in [0, 0.05) is 11.5 Å². The number of ether oxygens (including phenoxy) is 1. The second kappa shape index (κ2) is 9.52. The molecule has 0 fully saturated rings. The standard InChI is InChI=1S/C9H9N3O2.C6H4ClF.C2H6/c1-14-8-3-6-5(2-7(8)13)9(10)12-4-11-6;7-5-3-1-2-4-6(5)8;1-2/h2-4,13H,1H3,(H2,10,11,12);1-4H;1-2H3. The zero-order chi connectivity index (χ0) is 18.1. The van der Waals surface area contributed by atoms with Gasteiger partial charge in [-0.2, -0.15) is 0 Å². The molecule has 7 heteroatoms. The smallest absolute Gasteiger partial charge is 0.162 e. The van der Waals surface area contributed by atoms with E-state index in [0.29, 0.717) is 22.5 Å². The van der Waals surface area contributed by atoms with Crippen molar-refractivity contribution in [3.8, 4) is 11.5 Å². The Morgan fingerprint density at radius 2 is 1.83 bits per heavy atom. The average molecular weight is 352 g/mol. The number of benzene rings is 2. The van der Waals surface area contributed by atoms with Crippen molar-refractivity contribution in [3.63, 3.8) is 0 Å². The number of fused-ring (bicyclic) bond motifs is 1. The summed E-state index contributed by atoms with van der Waals surface area (Å²) in [6.07, 6.45) is 1.37. The van der Waals surface area contributed by atoms with Gasteiger partial charge in [0.15, 0.2) is 11.5 Å². The maximum Gasteiger partial charge on any atom is 0.162 e. The third-order valence-corrected chi connectivity index (χ3v) is 3.10. The van der Waals surface area contributed by atoms with Crippen molar-refractivity contribution in [2.45, 2.75) is 13.8 Å². The van der Waals surface area contributed by atoms with Crippen molar-refractivity contribution >= 4 is 28.3 Å². The molecule has 5 nitrogen and oxygen atoms in total. The molecule has 1 aromatic heterocycles. The summed E-state index contributed by atoms with van der Waals surface area (Å²) in [7, 11) is 1.48. The van der Waals surface area contributed by atoms with Crippen molar-refractivity contribution in [2.75, 3.05) is 12.8 Å². The van der Waals surface area contributed by atoms with Crippen LogP contribution >= 0.6 is 11.6 Å². The highest BCUT2D eigenvalue weighted by Crippen LogP contribution is 2.31. The van der Waals surface area contributed by atoms with Crippen LogP contribution in [0.4, 0.5) is 10.2 Å². The third kappa shape index (κ3) is 4.96. The van der Waals surface area contributed by atoms with Gasteiger partial charge in [-0.15, -0.1) is 0 Å². The molecule has 0 saturated heterocycles. The van der Waals surface area contributed by atoms with Gasteiger partial charge >= 0.3 is 0 Å². The predicted molar refractivity (Wildman–Crippen MR) is 94.9 cm³/mol. The van der Waals surface area contributed by atoms with Crippen LogP contribution in [0.2, 0.25) is 5.02 Å². The van der Waals surface area contributed by atoms with Crippen LogP contribution < -0.4 is 10.5 Å². The van der Waals surface area contributed by atoms with Crippen LogP contribution in [-0.2, 0) is 0 Å². The van der Waals surface area contributed by atoms with Crippen molar-refractivity contribution < 1.29 is 14.2 Å². The van der Waals surface area contributed by atoms with Gasteiger partial charge in [0.25, 0.3) is 0 Å². The quantitative estimate of drug-likeness (QED) is 0.677. The van der Waals surface area contributed by atoms with Gasteiger partial charge in [-0.3, -0.25) is 0 Å². The Bertz CT molecular complexity index is 779. The number of halogens is 2. The first-order valence-corrected chi connectivity index (χ1v) is 7.58. The van der Waals surface area contributed by atoms with Crippen molar-refractivity contribution in [1.29, 1.82) is 0 Å². The number of hydrogen-bond donors (Lipinski definition) is 2. The molecule has 0 radical (unpaired) electrons. The molecular weight excluding hydrogens is 333 g/mol. The van der Waals surface area contributed by atoms with Crippen LogP contribution in [-0.4, -0.2) is 22.2 Å². The number of methoxy groups -OCH3 is 1. The van der Waals surface area contributed by atoms with E-state index in [4.69, 9.17) is 22.1 Å². The van der Waals surface area contributed by atoms with Gasteiger partial charge < -0.3 is 15.6 Å². The Balaban J connectivity index is 0.000000245. The van der Waals surface area contributed by atoms with Crippen LogP contribution in [0.15, 0.2) is 42.7 Å². The number of anilines is 1. The van der Waals surface area contributed by atoms with Crippen LogP contribution in [0.1, 0.15) is 13.8 Å². The fourth-order valence-electron chi connectivity index (χ4n) is 1.70. The number of nitrogens with zero attached hydrogens (tertiary/aromatic N) is 2. The number of aromatic hydroxyl groups is 1. The minimum atomic E-state index is -0.367.